The van der Waals surface area contributed by atoms with Crippen LogP contribution in [0.2, 0.25) is 0 Å². The third-order valence-electron chi connectivity index (χ3n) is 3.81. The standard InChI is InChI=1S/C17H17N3OS/c1-2-3-8-17(19-20-17)9-6-16(21)18-12-13-4-5-15-14(11-13)7-10-22-15/h1,4-5,7,10-11H,3,6,8-9,12H2,(H,18,21). The van der Waals surface area contributed by atoms with Crippen molar-refractivity contribution in [2.24, 2.45) is 10.2 Å². The smallest absolute Gasteiger partial charge is 0.220 e. The third-order valence-corrected chi connectivity index (χ3v) is 4.71. The van der Waals surface area contributed by atoms with Gasteiger partial charge in [-0.3, -0.25) is 4.79 Å². The molecule has 1 amide bonds. The molecule has 0 atom stereocenters. The Kier molecular flexibility index (Phi) is 4.21. The summed E-state index contributed by atoms with van der Waals surface area (Å²) in [5.74, 6) is 2.62. The van der Waals surface area contributed by atoms with Crippen LogP contribution in [-0.4, -0.2) is 11.6 Å². The van der Waals surface area contributed by atoms with E-state index >= 15 is 0 Å². The van der Waals surface area contributed by atoms with Gasteiger partial charge in [0.15, 0.2) is 5.66 Å². The molecular formula is C17H17N3OS. The molecule has 1 aromatic carbocycles. The van der Waals surface area contributed by atoms with Gasteiger partial charge in [-0.1, -0.05) is 6.07 Å². The second-order valence-corrected chi connectivity index (χ2v) is 6.40. The zero-order chi connectivity index (χ0) is 15.4. The van der Waals surface area contributed by atoms with E-state index in [2.05, 4.69) is 51.1 Å². The molecule has 0 bridgehead atoms. The molecule has 0 saturated carbocycles. The van der Waals surface area contributed by atoms with E-state index in [4.69, 9.17) is 6.42 Å². The molecule has 22 heavy (non-hydrogen) atoms. The maximum atomic E-state index is 11.9. The summed E-state index contributed by atoms with van der Waals surface area (Å²) in [6, 6.07) is 8.36. The van der Waals surface area contributed by atoms with Gasteiger partial charge in [0.25, 0.3) is 0 Å². The molecule has 2 heterocycles. The first-order valence-electron chi connectivity index (χ1n) is 7.31. The molecule has 0 radical (unpaired) electrons. The molecule has 1 aliphatic rings. The first-order valence-corrected chi connectivity index (χ1v) is 8.19. The van der Waals surface area contributed by atoms with E-state index in [-0.39, 0.29) is 11.6 Å². The zero-order valence-corrected chi connectivity index (χ0v) is 13.0. The summed E-state index contributed by atoms with van der Waals surface area (Å²) in [5.41, 5.74) is 0.737. The van der Waals surface area contributed by atoms with Crippen LogP contribution in [0.4, 0.5) is 0 Å². The van der Waals surface area contributed by atoms with Crippen LogP contribution in [0.3, 0.4) is 0 Å². The van der Waals surface area contributed by atoms with Gasteiger partial charge in [0.2, 0.25) is 5.91 Å². The number of hydrogen-bond acceptors (Lipinski definition) is 4. The number of carbonyl (C=O) groups excluding carboxylic acids is 1. The maximum Gasteiger partial charge on any atom is 0.220 e. The van der Waals surface area contributed by atoms with Crippen molar-refractivity contribution >= 4 is 27.3 Å². The van der Waals surface area contributed by atoms with Crippen molar-refractivity contribution in [3.8, 4) is 12.3 Å². The second kappa shape index (κ2) is 6.29. The highest BCUT2D eigenvalue weighted by atomic mass is 32.1. The van der Waals surface area contributed by atoms with Crippen LogP contribution in [-0.2, 0) is 11.3 Å². The van der Waals surface area contributed by atoms with E-state index in [1.807, 2.05) is 0 Å². The topological polar surface area (TPSA) is 53.8 Å². The van der Waals surface area contributed by atoms with Crippen LogP contribution in [0.25, 0.3) is 10.1 Å². The van der Waals surface area contributed by atoms with Crippen molar-refractivity contribution < 1.29 is 4.79 Å². The van der Waals surface area contributed by atoms with Crippen LogP contribution in [0.1, 0.15) is 31.2 Å². The number of hydrogen-bond donors (Lipinski definition) is 1. The fourth-order valence-corrected chi connectivity index (χ4v) is 3.17. The zero-order valence-electron chi connectivity index (χ0n) is 12.2. The lowest BCUT2D eigenvalue weighted by Crippen LogP contribution is -2.24. The highest BCUT2D eigenvalue weighted by Crippen LogP contribution is 2.37. The van der Waals surface area contributed by atoms with Crippen LogP contribution < -0.4 is 5.32 Å². The summed E-state index contributed by atoms with van der Waals surface area (Å²) in [5, 5.41) is 14.3. The summed E-state index contributed by atoms with van der Waals surface area (Å²) in [7, 11) is 0. The van der Waals surface area contributed by atoms with Crippen molar-refractivity contribution in [2.75, 3.05) is 0 Å². The van der Waals surface area contributed by atoms with E-state index in [0.29, 0.717) is 25.8 Å². The molecule has 5 heteroatoms. The molecule has 0 saturated heterocycles. The van der Waals surface area contributed by atoms with Gasteiger partial charge >= 0.3 is 0 Å². The number of amides is 1. The molecule has 2 aromatic rings. The minimum atomic E-state index is -0.376. The number of nitrogens with one attached hydrogen (secondary N) is 1. The number of fused-ring (bicyclic) bond motifs is 1. The van der Waals surface area contributed by atoms with Gasteiger partial charge in [-0.25, -0.2) is 0 Å². The van der Waals surface area contributed by atoms with Gasteiger partial charge in [-0.15, -0.1) is 23.7 Å². The van der Waals surface area contributed by atoms with Gasteiger partial charge in [0, 0.05) is 36.9 Å². The molecule has 0 fully saturated rings. The summed E-state index contributed by atoms with van der Waals surface area (Å²) in [6.45, 7) is 0.552. The van der Waals surface area contributed by atoms with Crippen LogP contribution in [0.5, 0.6) is 0 Å². The molecular weight excluding hydrogens is 294 g/mol. The molecule has 1 N–H and O–H groups in total. The number of terminal acetylenes is 1. The summed E-state index contributed by atoms with van der Waals surface area (Å²) in [6.07, 6.45) is 7.71. The lowest BCUT2D eigenvalue weighted by atomic mass is 10.0. The van der Waals surface area contributed by atoms with Gasteiger partial charge in [0.1, 0.15) is 0 Å². The molecule has 0 unspecified atom stereocenters. The van der Waals surface area contributed by atoms with Gasteiger partial charge in [-0.2, -0.15) is 10.2 Å². The van der Waals surface area contributed by atoms with E-state index in [1.54, 1.807) is 11.3 Å². The van der Waals surface area contributed by atoms with E-state index < -0.39 is 0 Å². The Morgan fingerprint density at radius 1 is 1.32 bits per heavy atom. The Hall–Kier alpha value is -2.19. The third kappa shape index (κ3) is 3.52. The molecule has 1 aliphatic heterocycles. The molecule has 112 valence electrons. The van der Waals surface area contributed by atoms with E-state index in [0.717, 1.165) is 12.0 Å². The molecule has 0 spiro atoms. The first kappa shape index (κ1) is 14.7. The average Bonchev–Trinajstić information content (AvgIpc) is 3.16. The van der Waals surface area contributed by atoms with Crippen molar-refractivity contribution in [2.45, 2.75) is 37.9 Å². The Balaban J connectivity index is 1.45. The predicted molar refractivity (Wildman–Crippen MR) is 88.6 cm³/mol. The van der Waals surface area contributed by atoms with Crippen molar-refractivity contribution in [3.63, 3.8) is 0 Å². The lowest BCUT2D eigenvalue weighted by Gasteiger charge is -2.09. The van der Waals surface area contributed by atoms with Crippen LogP contribution >= 0.6 is 11.3 Å². The summed E-state index contributed by atoms with van der Waals surface area (Å²) < 4.78 is 1.27. The second-order valence-electron chi connectivity index (χ2n) is 5.46. The highest BCUT2D eigenvalue weighted by molar-refractivity contribution is 7.17. The Morgan fingerprint density at radius 2 is 2.18 bits per heavy atom. The quantitative estimate of drug-likeness (QED) is 0.775. The highest BCUT2D eigenvalue weighted by Gasteiger charge is 2.39. The van der Waals surface area contributed by atoms with Crippen molar-refractivity contribution in [3.05, 3.63) is 35.2 Å². The van der Waals surface area contributed by atoms with Crippen molar-refractivity contribution in [1.82, 2.24) is 5.32 Å². The van der Waals surface area contributed by atoms with Gasteiger partial charge in [-0.05, 0) is 34.5 Å². The van der Waals surface area contributed by atoms with Crippen molar-refractivity contribution in [1.29, 1.82) is 0 Å². The first-order chi connectivity index (χ1) is 10.7. The van der Waals surface area contributed by atoms with Gasteiger partial charge in [0.05, 0.1) is 0 Å². The Morgan fingerprint density at radius 3 is 2.95 bits per heavy atom. The largest absolute Gasteiger partial charge is 0.352 e. The summed E-state index contributed by atoms with van der Waals surface area (Å²) in [4.78, 5) is 11.9. The predicted octanol–water partition coefficient (Wildman–Crippen LogP) is 3.87. The minimum absolute atomic E-state index is 0.0304. The van der Waals surface area contributed by atoms with Crippen LogP contribution in [0.15, 0.2) is 39.9 Å². The number of carbonyl (C=O) groups is 1. The van der Waals surface area contributed by atoms with E-state index in [9.17, 15) is 4.79 Å². The Bertz CT molecular complexity index is 751. The SMILES string of the molecule is C#CCCC1(CCC(=O)NCc2ccc3sccc3c2)N=N1. The number of benzene rings is 1. The number of thiophene rings is 1. The number of nitrogens with zero attached hydrogens (tertiary/aromatic N) is 2. The van der Waals surface area contributed by atoms with E-state index in [1.165, 1.54) is 10.1 Å². The Labute approximate surface area is 133 Å². The number of rotatable bonds is 7. The molecule has 0 aliphatic carbocycles. The normalized spacial score (nSPS) is 14.7. The fraction of sp³-hybridized carbons (Fsp3) is 0.353. The molecule has 3 rings (SSSR count). The maximum absolute atomic E-state index is 11.9. The monoisotopic (exact) mass is 311 g/mol. The van der Waals surface area contributed by atoms with Crippen LogP contribution in [0, 0.1) is 12.3 Å². The lowest BCUT2D eigenvalue weighted by molar-refractivity contribution is -0.121. The van der Waals surface area contributed by atoms with Gasteiger partial charge < -0.3 is 5.32 Å². The molecule has 1 aromatic heterocycles. The average molecular weight is 311 g/mol. The minimum Gasteiger partial charge on any atom is -0.352 e. The molecule has 4 nitrogen and oxygen atoms in total. The fourth-order valence-electron chi connectivity index (χ4n) is 2.40. The summed E-state index contributed by atoms with van der Waals surface area (Å²) >= 11 is 1.72.